The molecule has 1 atom stereocenters. The molecule has 1 aliphatic carbocycles. The molecule has 1 unspecified atom stereocenters. The topological polar surface area (TPSA) is 110 Å². The Morgan fingerprint density at radius 2 is 1.65 bits per heavy atom. The molecule has 0 radical (unpaired) electrons. The molecule has 49 heavy (non-hydrogen) atoms. The summed E-state index contributed by atoms with van der Waals surface area (Å²) in [4.78, 5) is 32.9. The van der Waals surface area contributed by atoms with Gasteiger partial charge in [-0.25, -0.2) is 23.4 Å². The van der Waals surface area contributed by atoms with Gasteiger partial charge in [0.2, 0.25) is 5.88 Å². The number of aromatic nitrogens is 1. The number of aliphatic hydroxyl groups excluding tert-OH is 1. The van der Waals surface area contributed by atoms with E-state index in [0.717, 1.165) is 34.7 Å². The van der Waals surface area contributed by atoms with E-state index in [1.165, 1.54) is 6.08 Å². The Labute approximate surface area is 287 Å². The molecule has 9 nitrogen and oxygen atoms in total. The number of carbonyl (C=O) groups is 2. The number of amides is 2. The molecule has 1 aromatic heterocycles. The lowest BCUT2D eigenvalue weighted by atomic mass is 9.79. The molecule has 11 heteroatoms. The van der Waals surface area contributed by atoms with Crippen molar-refractivity contribution in [3.8, 4) is 5.88 Å². The molecule has 0 saturated heterocycles. The molecule has 1 aliphatic rings. The molecular formula is C38H49F2N3O6. The number of hydrogen-bond donors (Lipinski definition) is 2. The fourth-order valence-electron chi connectivity index (χ4n) is 6.21. The van der Waals surface area contributed by atoms with Crippen molar-refractivity contribution in [2.75, 3.05) is 13.7 Å². The highest BCUT2D eigenvalue weighted by Crippen LogP contribution is 2.34. The number of rotatable bonds is 10. The predicted molar refractivity (Wildman–Crippen MR) is 185 cm³/mol. The first kappa shape index (κ1) is 37.6. The van der Waals surface area contributed by atoms with Crippen molar-refractivity contribution >= 4 is 29.2 Å². The summed E-state index contributed by atoms with van der Waals surface area (Å²) in [5, 5.41) is 13.9. The molecule has 1 saturated carbocycles. The van der Waals surface area contributed by atoms with Crippen molar-refractivity contribution in [2.45, 2.75) is 104 Å². The van der Waals surface area contributed by atoms with E-state index in [-0.39, 0.29) is 36.7 Å². The molecule has 0 spiro atoms. The highest BCUT2D eigenvalue weighted by Gasteiger charge is 2.35. The number of benzene rings is 2. The maximum absolute atomic E-state index is 14.3. The first-order chi connectivity index (χ1) is 23.1. The maximum atomic E-state index is 14.3. The number of nitrogens with one attached hydrogen (secondary N) is 1. The van der Waals surface area contributed by atoms with Crippen molar-refractivity contribution < 1.29 is 37.7 Å². The number of methoxy groups -OCH3 is 1. The predicted octanol–water partition coefficient (Wildman–Crippen LogP) is 7.96. The third kappa shape index (κ3) is 10.6. The van der Waals surface area contributed by atoms with Crippen LogP contribution in [0.25, 0.3) is 17.0 Å². The molecule has 2 aromatic carbocycles. The monoisotopic (exact) mass is 681 g/mol. The van der Waals surface area contributed by atoms with Crippen molar-refractivity contribution in [2.24, 2.45) is 5.92 Å². The number of halogens is 2. The number of carbonyl (C=O) groups excluding carboxylic acids is 2. The fourth-order valence-corrected chi connectivity index (χ4v) is 6.21. The van der Waals surface area contributed by atoms with Gasteiger partial charge in [0.1, 0.15) is 22.8 Å². The number of aliphatic hydroxyl groups is 1. The Morgan fingerprint density at radius 1 is 0.980 bits per heavy atom. The van der Waals surface area contributed by atoms with Crippen LogP contribution in [0, 0.1) is 17.6 Å². The lowest BCUT2D eigenvalue weighted by molar-refractivity contribution is 0.0125. The molecule has 2 N–H and O–H groups in total. The average molecular weight is 682 g/mol. The van der Waals surface area contributed by atoms with E-state index in [1.807, 2.05) is 39.0 Å². The minimum atomic E-state index is -0.724. The summed E-state index contributed by atoms with van der Waals surface area (Å²) < 4.78 is 44.8. The smallest absolute Gasteiger partial charge is 0.410 e. The fraction of sp³-hybridized carbons (Fsp3) is 0.500. The highest BCUT2D eigenvalue weighted by atomic mass is 19.1. The normalized spacial score (nSPS) is 17.5. The summed E-state index contributed by atoms with van der Waals surface area (Å²) >= 11 is 0. The van der Waals surface area contributed by atoms with E-state index in [4.69, 9.17) is 19.2 Å². The third-order valence-corrected chi connectivity index (χ3v) is 8.46. The lowest BCUT2D eigenvalue weighted by Crippen LogP contribution is -2.49. The van der Waals surface area contributed by atoms with Crippen molar-refractivity contribution in [1.29, 1.82) is 0 Å². The molecule has 1 heterocycles. The van der Waals surface area contributed by atoms with Crippen LogP contribution in [-0.4, -0.2) is 64.1 Å². The second-order valence-corrected chi connectivity index (χ2v) is 14.5. The Bertz CT molecular complexity index is 1640. The Balaban J connectivity index is 1.58. The van der Waals surface area contributed by atoms with Gasteiger partial charge in [0.15, 0.2) is 0 Å². The van der Waals surface area contributed by atoms with Crippen LogP contribution in [0.2, 0.25) is 0 Å². The number of ether oxygens (including phenoxy) is 3. The van der Waals surface area contributed by atoms with Crippen LogP contribution in [0.15, 0.2) is 48.5 Å². The molecule has 3 aromatic rings. The second kappa shape index (κ2) is 16.0. The van der Waals surface area contributed by atoms with Crippen LogP contribution in [0.4, 0.5) is 18.4 Å². The molecule has 4 rings (SSSR count). The van der Waals surface area contributed by atoms with Gasteiger partial charge in [-0.15, -0.1) is 0 Å². The lowest BCUT2D eigenvalue weighted by Gasteiger charge is -2.39. The highest BCUT2D eigenvalue weighted by molar-refractivity contribution is 5.86. The Hall–Kier alpha value is -4.25. The summed E-state index contributed by atoms with van der Waals surface area (Å²) in [7, 11) is 1.55. The van der Waals surface area contributed by atoms with E-state index in [1.54, 1.807) is 44.9 Å². The number of fused-ring (bicyclic) bond motifs is 1. The van der Waals surface area contributed by atoms with Crippen LogP contribution in [-0.2, 0) is 22.5 Å². The minimum absolute atomic E-state index is 0.0411. The zero-order valence-electron chi connectivity index (χ0n) is 29.5. The third-order valence-electron chi connectivity index (χ3n) is 8.46. The van der Waals surface area contributed by atoms with E-state index in [2.05, 4.69) is 5.32 Å². The molecule has 1 fully saturated rings. The van der Waals surface area contributed by atoms with E-state index >= 15 is 0 Å². The summed E-state index contributed by atoms with van der Waals surface area (Å²) in [5.41, 5.74) is 0.996. The Morgan fingerprint density at radius 3 is 2.29 bits per heavy atom. The number of pyridine rings is 1. The van der Waals surface area contributed by atoms with Gasteiger partial charge in [-0.1, -0.05) is 24.3 Å². The number of hydrogen-bond acceptors (Lipinski definition) is 7. The van der Waals surface area contributed by atoms with Gasteiger partial charge in [-0.3, -0.25) is 0 Å². The molecular weight excluding hydrogens is 632 g/mol. The Kier molecular flexibility index (Phi) is 12.2. The summed E-state index contributed by atoms with van der Waals surface area (Å²) in [6.45, 7) is 10.8. The SMILES string of the molecule is COc1ccc2c(CO)ccc(CC(NC(=O)OC(C)(C)C)C3CCC(N(C/C=C/c4cc(F)ccc4F)C(=O)OC(C)(C)C)CC3)c2n1. The van der Waals surface area contributed by atoms with Gasteiger partial charge in [-0.05, 0) is 115 Å². The van der Waals surface area contributed by atoms with Gasteiger partial charge >= 0.3 is 12.2 Å². The van der Waals surface area contributed by atoms with Crippen LogP contribution >= 0.6 is 0 Å². The van der Waals surface area contributed by atoms with E-state index in [9.17, 15) is 23.5 Å². The quantitative estimate of drug-likeness (QED) is 0.223. The van der Waals surface area contributed by atoms with Crippen LogP contribution < -0.4 is 10.1 Å². The summed E-state index contributed by atoms with van der Waals surface area (Å²) in [5.74, 6) is -0.625. The molecule has 0 bridgehead atoms. The zero-order chi connectivity index (χ0) is 35.9. The molecule has 2 amide bonds. The zero-order valence-corrected chi connectivity index (χ0v) is 29.5. The van der Waals surface area contributed by atoms with Crippen molar-refractivity contribution in [1.82, 2.24) is 15.2 Å². The van der Waals surface area contributed by atoms with Gasteiger partial charge < -0.3 is 29.5 Å². The molecule has 0 aliphatic heterocycles. The van der Waals surface area contributed by atoms with Crippen molar-refractivity contribution in [3.63, 3.8) is 0 Å². The number of nitrogens with zero attached hydrogens (tertiary/aromatic N) is 2. The van der Waals surface area contributed by atoms with Gasteiger partial charge in [0.25, 0.3) is 0 Å². The first-order valence-corrected chi connectivity index (χ1v) is 16.7. The summed E-state index contributed by atoms with van der Waals surface area (Å²) in [6.07, 6.45) is 5.21. The standard InChI is InChI=1S/C38H49F2N3O6/c1-37(2,3)48-35(45)41-32(22-26-10-11-27(23-44)30-17-19-33(47-7)42-34(26)30)24-12-15-29(16-13-24)43(36(46)49-38(4,5)6)20-8-9-25-21-28(39)14-18-31(25)40/h8-11,14,17-19,21,24,29,32,44H,12-13,15-16,20,22-23H2,1-7H3,(H,41,45)/b9-8+. The van der Waals surface area contributed by atoms with E-state index in [0.29, 0.717) is 43.5 Å². The van der Waals surface area contributed by atoms with Gasteiger partial charge in [0.05, 0.1) is 19.2 Å². The first-order valence-electron chi connectivity index (χ1n) is 16.7. The van der Waals surface area contributed by atoms with Crippen LogP contribution in [0.1, 0.15) is 83.9 Å². The maximum Gasteiger partial charge on any atom is 0.410 e. The number of alkyl carbamates (subject to hydrolysis) is 1. The van der Waals surface area contributed by atoms with Crippen LogP contribution in [0.3, 0.4) is 0 Å². The largest absolute Gasteiger partial charge is 0.481 e. The van der Waals surface area contributed by atoms with E-state index < -0.39 is 35.0 Å². The van der Waals surface area contributed by atoms with Crippen molar-refractivity contribution in [3.05, 3.63) is 76.9 Å². The average Bonchev–Trinajstić information content (AvgIpc) is 3.02. The second-order valence-electron chi connectivity index (χ2n) is 14.5. The summed E-state index contributed by atoms with van der Waals surface area (Å²) in [6, 6.07) is 10.2. The molecule has 266 valence electrons. The van der Waals surface area contributed by atoms with Crippen LogP contribution in [0.5, 0.6) is 5.88 Å². The minimum Gasteiger partial charge on any atom is -0.481 e. The van der Waals surface area contributed by atoms with Gasteiger partial charge in [-0.2, -0.15) is 0 Å². The van der Waals surface area contributed by atoms with Gasteiger partial charge in [0, 0.05) is 35.6 Å².